The topological polar surface area (TPSA) is 54.0 Å². The fourth-order valence-corrected chi connectivity index (χ4v) is 2.64. The van der Waals surface area contributed by atoms with Crippen molar-refractivity contribution >= 4 is 22.5 Å². The highest BCUT2D eigenvalue weighted by molar-refractivity contribution is 5.90. The molecule has 3 aromatic rings. The molecule has 24 heavy (non-hydrogen) atoms. The third-order valence-electron chi connectivity index (χ3n) is 3.88. The summed E-state index contributed by atoms with van der Waals surface area (Å²) in [7, 11) is 0. The lowest BCUT2D eigenvalue weighted by atomic mass is 10.1. The summed E-state index contributed by atoms with van der Waals surface area (Å²) in [6, 6.07) is 20.1. The van der Waals surface area contributed by atoms with Crippen molar-refractivity contribution in [3.63, 3.8) is 0 Å². The largest absolute Gasteiger partial charge is 0.383 e. The first-order valence-corrected chi connectivity index (χ1v) is 8.21. The molecular formula is C20H21N3O. The molecule has 0 aliphatic rings. The van der Waals surface area contributed by atoms with Crippen molar-refractivity contribution in [2.45, 2.75) is 12.8 Å². The molecule has 0 aliphatic carbocycles. The van der Waals surface area contributed by atoms with Gasteiger partial charge in [0.1, 0.15) is 0 Å². The van der Waals surface area contributed by atoms with Crippen LogP contribution in [0.4, 0.5) is 5.69 Å². The molecule has 1 aromatic heterocycles. The highest BCUT2D eigenvalue weighted by Crippen LogP contribution is 2.20. The summed E-state index contributed by atoms with van der Waals surface area (Å²) in [6.07, 6.45) is 3.08. The molecule has 4 nitrogen and oxygen atoms in total. The molecule has 0 bridgehead atoms. The molecule has 0 aliphatic heterocycles. The number of rotatable bonds is 7. The Morgan fingerprint density at radius 2 is 1.75 bits per heavy atom. The number of hydrogen-bond acceptors (Lipinski definition) is 3. The minimum atomic E-state index is 0.0617. The molecule has 3 rings (SSSR count). The minimum absolute atomic E-state index is 0.0617. The zero-order chi connectivity index (χ0) is 16.6. The van der Waals surface area contributed by atoms with Gasteiger partial charge >= 0.3 is 0 Å². The van der Waals surface area contributed by atoms with Crippen LogP contribution < -0.4 is 10.6 Å². The van der Waals surface area contributed by atoms with Gasteiger partial charge in [0.15, 0.2) is 0 Å². The van der Waals surface area contributed by atoms with Crippen LogP contribution in [0.1, 0.15) is 12.0 Å². The van der Waals surface area contributed by atoms with Crippen molar-refractivity contribution in [1.29, 1.82) is 0 Å². The van der Waals surface area contributed by atoms with Crippen molar-refractivity contribution in [2.24, 2.45) is 0 Å². The number of pyridine rings is 1. The molecule has 1 heterocycles. The van der Waals surface area contributed by atoms with E-state index in [-0.39, 0.29) is 5.91 Å². The van der Waals surface area contributed by atoms with Crippen LogP contribution in [-0.2, 0) is 11.2 Å². The van der Waals surface area contributed by atoms with Crippen molar-refractivity contribution in [2.75, 3.05) is 18.4 Å². The Balaban J connectivity index is 1.43. The van der Waals surface area contributed by atoms with Crippen LogP contribution in [-0.4, -0.2) is 24.0 Å². The monoisotopic (exact) mass is 319 g/mol. The van der Waals surface area contributed by atoms with Gasteiger partial charge in [0.25, 0.3) is 0 Å². The Bertz CT molecular complexity index is 797. The van der Waals surface area contributed by atoms with E-state index in [2.05, 4.69) is 27.8 Å². The van der Waals surface area contributed by atoms with E-state index in [0.29, 0.717) is 19.5 Å². The smallest absolute Gasteiger partial charge is 0.221 e. The molecule has 0 saturated carbocycles. The highest BCUT2D eigenvalue weighted by Gasteiger charge is 2.03. The van der Waals surface area contributed by atoms with Gasteiger partial charge < -0.3 is 10.6 Å². The van der Waals surface area contributed by atoms with Crippen LogP contribution in [0, 0.1) is 0 Å². The SMILES string of the molecule is O=C(CCNc1cccc2cccnc12)NCCc1ccccc1. The normalized spacial score (nSPS) is 10.5. The summed E-state index contributed by atoms with van der Waals surface area (Å²) < 4.78 is 0. The van der Waals surface area contributed by atoms with Crippen LogP contribution >= 0.6 is 0 Å². The molecule has 0 saturated heterocycles. The maximum Gasteiger partial charge on any atom is 0.221 e. The van der Waals surface area contributed by atoms with E-state index in [4.69, 9.17) is 0 Å². The third-order valence-corrected chi connectivity index (χ3v) is 3.88. The number of benzene rings is 2. The van der Waals surface area contributed by atoms with E-state index < -0.39 is 0 Å². The van der Waals surface area contributed by atoms with Crippen LogP contribution in [0.3, 0.4) is 0 Å². The number of hydrogen-bond donors (Lipinski definition) is 2. The number of anilines is 1. The predicted octanol–water partition coefficient (Wildman–Crippen LogP) is 3.40. The summed E-state index contributed by atoms with van der Waals surface area (Å²) in [5.74, 6) is 0.0617. The first-order chi connectivity index (χ1) is 11.8. The predicted molar refractivity (Wildman–Crippen MR) is 98.0 cm³/mol. The van der Waals surface area contributed by atoms with E-state index in [1.54, 1.807) is 6.20 Å². The number of nitrogens with one attached hydrogen (secondary N) is 2. The number of nitrogens with zero attached hydrogens (tertiary/aromatic N) is 1. The van der Waals surface area contributed by atoms with Gasteiger partial charge in [-0.2, -0.15) is 0 Å². The van der Waals surface area contributed by atoms with Crippen LogP contribution in [0.15, 0.2) is 66.9 Å². The van der Waals surface area contributed by atoms with Crippen LogP contribution in [0.25, 0.3) is 10.9 Å². The van der Waals surface area contributed by atoms with E-state index in [1.807, 2.05) is 48.5 Å². The number of para-hydroxylation sites is 1. The summed E-state index contributed by atoms with van der Waals surface area (Å²) in [4.78, 5) is 16.3. The molecule has 0 atom stereocenters. The highest BCUT2D eigenvalue weighted by atomic mass is 16.1. The first kappa shape index (κ1) is 16.0. The van der Waals surface area contributed by atoms with E-state index in [1.165, 1.54) is 5.56 Å². The third kappa shape index (κ3) is 4.32. The molecule has 2 N–H and O–H groups in total. The number of aromatic nitrogens is 1. The summed E-state index contributed by atoms with van der Waals surface area (Å²) in [5, 5.41) is 7.36. The maximum atomic E-state index is 11.9. The Labute approximate surface area is 141 Å². The number of carbonyl (C=O) groups is 1. The van der Waals surface area contributed by atoms with Crippen molar-refractivity contribution in [1.82, 2.24) is 10.3 Å². The fourth-order valence-electron chi connectivity index (χ4n) is 2.64. The Morgan fingerprint density at radius 1 is 0.917 bits per heavy atom. The second-order valence-corrected chi connectivity index (χ2v) is 5.64. The number of carbonyl (C=O) groups excluding carboxylic acids is 1. The van der Waals surface area contributed by atoms with Gasteiger partial charge in [-0.15, -0.1) is 0 Å². The molecule has 0 radical (unpaired) electrons. The molecule has 122 valence electrons. The number of amides is 1. The number of fused-ring (bicyclic) bond motifs is 1. The summed E-state index contributed by atoms with van der Waals surface area (Å²) in [6.45, 7) is 1.26. The van der Waals surface area contributed by atoms with Gasteiger partial charge in [0, 0.05) is 31.1 Å². The van der Waals surface area contributed by atoms with Gasteiger partial charge in [0.2, 0.25) is 5.91 Å². The lowest BCUT2D eigenvalue weighted by Gasteiger charge is -2.09. The Kier molecular flexibility index (Phi) is 5.40. The van der Waals surface area contributed by atoms with Crippen LogP contribution in [0.5, 0.6) is 0 Å². The van der Waals surface area contributed by atoms with E-state index in [0.717, 1.165) is 23.0 Å². The first-order valence-electron chi connectivity index (χ1n) is 8.21. The van der Waals surface area contributed by atoms with Gasteiger partial charge in [-0.05, 0) is 24.1 Å². The van der Waals surface area contributed by atoms with Gasteiger partial charge in [-0.25, -0.2) is 0 Å². The zero-order valence-corrected chi connectivity index (χ0v) is 13.5. The molecule has 0 fully saturated rings. The van der Waals surface area contributed by atoms with Gasteiger partial charge in [0.05, 0.1) is 11.2 Å². The summed E-state index contributed by atoms with van der Waals surface area (Å²) >= 11 is 0. The molecule has 0 spiro atoms. The lowest BCUT2D eigenvalue weighted by molar-refractivity contribution is -0.120. The average molecular weight is 319 g/mol. The standard InChI is InChI=1S/C20H21N3O/c24-19(22-14-11-16-6-2-1-3-7-16)12-15-21-18-10-4-8-17-9-5-13-23-20(17)18/h1-10,13,21H,11-12,14-15H2,(H,22,24). The second-order valence-electron chi connectivity index (χ2n) is 5.64. The second kappa shape index (κ2) is 8.11. The van der Waals surface area contributed by atoms with Crippen molar-refractivity contribution < 1.29 is 4.79 Å². The van der Waals surface area contributed by atoms with E-state index in [9.17, 15) is 4.79 Å². The minimum Gasteiger partial charge on any atom is -0.383 e. The van der Waals surface area contributed by atoms with Gasteiger partial charge in [-0.1, -0.05) is 48.5 Å². The molecule has 0 unspecified atom stereocenters. The molecular weight excluding hydrogens is 298 g/mol. The quantitative estimate of drug-likeness (QED) is 0.702. The fraction of sp³-hybridized carbons (Fsp3) is 0.200. The average Bonchev–Trinajstić information content (AvgIpc) is 2.63. The zero-order valence-electron chi connectivity index (χ0n) is 13.5. The molecule has 2 aromatic carbocycles. The Hall–Kier alpha value is -2.88. The van der Waals surface area contributed by atoms with E-state index >= 15 is 0 Å². The molecule has 4 heteroatoms. The Morgan fingerprint density at radius 3 is 2.62 bits per heavy atom. The van der Waals surface area contributed by atoms with Crippen molar-refractivity contribution in [3.05, 3.63) is 72.4 Å². The lowest BCUT2D eigenvalue weighted by Crippen LogP contribution is -2.27. The maximum absolute atomic E-state index is 11.9. The van der Waals surface area contributed by atoms with Crippen molar-refractivity contribution in [3.8, 4) is 0 Å². The summed E-state index contributed by atoms with van der Waals surface area (Å²) in [5.41, 5.74) is 3.13. The van der Waals surface area contributed by atoms with Gasteiger partial charge in [-0.3, -0.25) is 9.78 Å². The molecule has 1 amide bonds. The van der Waals surface area contributed by atoms with Crippen LogP contribution in [0.2, 0.25) is 0 Å².